The second-order valence-corrected chi connectivity index (χ2v) is 7.61. The second-order valence-electron chi connectivity index (χ2n) is 7.61. The molecule has 1 aliphatic rings. The van der Waals surface area contributed by atoms with Crippen LogP contribution in [0.5, 0.6) is 5.75 Å². The molecular formula is C23H28N2O3. The van der Waals surface area contributed by atoms with Crippen LogP contribution in [0, 0.1) is 5.92 Å². The maximum Gasteiger partial charge on any atom is 0.327 e. The SMILES string of the molecule is COc1ccc(C[C@H](C)CC(=O)N2C(=O)N(C)[C@H](C)[C@@H]2c2ccccc2)cc1. The third-order valence-corrected chi connectivity index (χ3v) is 5.53. The third kappa shape index (κ3) is 4.03. The lowest BCUT2D eigenvalue weighted by Crippen LogP contribution is -2.37. The van der Waals surface area contributed by atoms with Gasteiger partial charge in [0, 0.05) is 13.5 Å². The van der Waals surface area contributed by atoms with Crippen molar-refractivity contribution in [3.8, 4) is 5.75 Å². The minimum Gasteiger partial charge on any atom is -0.497 e. The monoisotopic (exact) mass is 380 g/mol. The molecule has 0 aliphatic carbocycles. The highest BCUT2D eigenvalue weighted by molar-refractivity contribution is 5.97. The van der Waals surface area contributed by atoms with Gasteiger partial charge in [-0.2, -0.15) is 0 Å². The van der Waals surface area contributed by atoms with E-state index in [1.54, 1.807) is 19.1 Å². The van der Waals surface area contributed by atoms with Gasteiger partial charge in [0.2, 0.25) is 5.91 Å². The number of methoxy groups -OCH3 is 1. The number of imide groups is 1. The second kappa shape index (κ2) is 8.46. The highest BCUT2D eigenvalue weighted by Crippen LogP contribution is 2.35. The molecule has 0 spiro atoms. The van der Waals surface area contributed by atoms with Gasteiger partial charge in [0.05, 0.1) is 19.2 Å². The molecule has 2 aromatic carbocycles. The number of amides is 3. The first-order valence-corrected chi connectivity index (χ1v) is 9.69. The van der Waals surface area contributed by atoms with Crippen LogP contribution in [0.4, 0.5) is 4.79 Å². The fraction of sp³-hybridized carbons (Fsp3) is 0.391. The van der Waals surface area contributed by atoms with Crippen molar-refractivity contribution >= 4 is 11.9 Å². The maximum absolute atomic E-state index is 13.1. The van der Waals surface area contributed by atoms with Gasteiger partial charge in [-0.3, -0.25) is 9.69 Å². The van der Waals surface area contributed by atoms with Crippen molar-refractivity contribution in [1.82, 2.24) is 9.80 Å². The van der Waals surface area contributed by atoms with E-state index in [1.807, 2.05) is 68.4 Å². The van der Waals surface area contributed by atoms with Crippen LogP contribution >= 0.6 is 0 Å². The Kier molecular flexibility index (Phi) is 6.02. The minimum atomic E-state index is -0.251. The summed E-state index contributed by atoms with van der Waals surface area (Å²) in [5.74, 6) is 0.834. The van der Waals surface area contributed by atoms with E-state index < -0.39 is 0 Å². The Labute approximate surface area is 166 Å². The number of hydrogen-bond donors (Lipinski definition) is 0. The molecule has 28 heavy (non-hydrogen) atoms. The lowest BCUT2D eigenvalue weighted by Gasteiger charge is -2.25. The van der Waals surface area contributed by atoms with Gasteiger partial charge in [0.25, 0.3) is 0 Å². The van der Waals surface area contributed by atoms with Crippen LogP contribution in [0.25, 0.3) is 0 Å². The van der Waals surface area contributed by atoms with Crippen molar-refractivity contribution < 1.29 is 14.3 Å². The zero-order valence-corrected chi connectivity index (χ0v) is 17.0. The molecule has 1 heterocycles. The summed E-state index contributed by atoms with van der Waals surface area (Å²) in [4.78, 5) is 29.0. The summed E-state index contributed by atoms with van der Waals surface area (Å²) in [6.07, 6.45) is 1.11. The average molecular weight is 380 g/mol. The topological polar surface area (TPSA) is 49.9 Å². The molecule has 0 N–H and O–H groups in total. The molecule has 0 radical (unpaired) electrons. The van der Waals surface area contributed by atoms with Crippen molar-refractivity contribution in [1.29, 1.82) is 0 Å². The fourth-order valence-electron chi connectivity index (χ4n) is 3.86. The Morgan fingerprint density at radius 2 is 1.75 bits per heavy atom. The zero-order valence-electron chi connectivity index (χ0n) is 17.0. The minimum absolute atomic E-state index is 0.0595. The van der Waals surface area contributed by atoms with E-state index in [0.29, 0.717) is 6.42 Å². The molecule has 148 valence electrons. The van der Waals surface area contributed by atoms with E-state index in [9.17, 15) is 9.59 Å². The summed E-state index contributed by atoms with van der Waals surface area (Å²) in [5, 5.41) is 0. The normalized spacial score (nSPS) is 20.4. The molecule has 1 saturated heterocycles. The molecule has 0 saturated carbocycles. The van der Waals surface area contributed by atoms with Crippen molar-refractivity contribution in [2.75, 3.05) is 14.2 Å². The number of carbonyl (C=O) groups is 2. The molecule has 3 amide bonds. The lowest BCUT2D eigenvalue weighted by atomic mass is 9.96. The first-order valence-electron chi connectivity index (χ1n) is 9.69. The van der Waals surface area contributed by atoms with E-state index in [0.717, 1.165) is 23.3 Å². The smallest absolute Gasteiger partial charge is 0.327 e. The van der Waals surface area contributed by atoms with E-state index in [4.69, 9.17) is 4.74 Å². The molecule has 3 rings (SSSR count). The van der Waals surface area contributed by atoms with E-state index in [1.165, 1.54) is 4.90 Å². The number of ether oxygens (including phenoxy) is 1. The predicted molar refractivity (Wildman–Crippen MR) is 109 cm³/mol. The predicted octanol–water partition coefficient (Wildman–Crippen LogP) is 4.29. The van der Waals surface area contributed by atoms with Gasteiger partial charge < -0.3 is 9.64 Å². The summed E-state index contributed by atoms with van der Waals surface area (Å²) < 4.78 is 5.19. The average Bonchev–Trinajstić information content (AvgIpc) is 2.93. The number of benzene rings is 2. The number of urea groups is 1. The first-order chi connectivity index (χ1) is 13.4. The van der Waals surface area contributed by atoms with E-state index >= 15 is 0 Å². The largest absolute Gasteiger partial charge is 0.497 e. The number of carbonyl (C=O) groups excluding carboxylic acids is 2. The zero-order chi connectivity index (χ0) is 20.3. The quantitative estimate of drug-likeness (QED) is 0.751. The lowest BCUT2D eigenvalue weighted by molar-refractivity contribution is -0.130. The van der Waals surface area contributed by atoms with Crippen LogP contribution in [0.2, 0.25) is 0 Å². The van der Waals surface area contributed by atoms with Crippen molar-refractivity contribution in [2.24, 2.45) is 5.92 Å². The molecule has 0 unspecified atom stereocenters. The van der Waals surface area contributed by atoms with Crippen LogP contribution < -0.4 is 4.74 Å². The third-order valence-electron chi connectivity index (χ3n) is 5.53. The van der Waals surface area contributed by atoms with Crippen LogP contribution in [-0.2, 0) is 11.2 Å². The Morgan fingerprint density at radius 3 is 2.36 bits per heavy atom. The molecule has 0 aromatic heterocycles. The number of nitrogens with zero attached hydrogens (tertiary/aromatic N) is 2. The van der Waals surface area contributed by atoms with Gasteiger partial charge in [-0.1, -0.05) is 49.4 Å². The highest BCUT2D eigenvalue weighted by Gasteiger charge is 2.45. The van der Waals surface area contributed by atoms with Gasteiger partial charge in [-0.25, -0.2) is 4.79 Å². The molecule has 1 aliphatic heterocycles. The summed E-state index contributed by atoms with van der Waals surface area (Å²) >= 11 is 0. The van der Waals surface area contributed by atoms with Gasteiger partial charge in [0.1, 0.15) is 5.75 Å². The Bertz CT molecular complexity index is 820. The summed E-state index contributed by atoms with van der Waals surface area (Å²) in [7, 11) is 3.40. The first kappa shape index (κ1) is 19.9. The molecule has 3 atom stereocenters. The van der Waals surface area contributed by atoms with Crippen molar-refractivity contribution in [3.05, 3.63) is 65.7 Å². The summed E-state index contributed by atoms with van der Waals surface area (Å²) in [5.41, 5.74) is 2.14. The Hall–Kier alpha value is -2.82. The van der Waals surface area contributed by atoms with Crippen molar-refractivity contribution in [2.45, 2.75) is 38.8 Å². The van der Waals surface area contributed by atoms with Gasteiger partial charge in [0.15, 0.2) is 0 Å². The van der Waals surface area contributed by atoms with Gasteiger partial charge >= 0.3 is 6.03 Å². The van der Waals surface area contributed by atoms with Crippen LogP contribution in [-0.4, -0.2) is 41.9 Å². The van der Waals surface area contributed by atoms with E-state index in [2.05, 4.69) is 0 Å². The fourth-order valence-corrected chi connectivity index (χ4v) is 3.86. The Morgan fingerprint density at radius 1 is 1.11 bits per heavy atom. The molecule has 0 bridgehead atoms. The number of rotatable bonds is 6. The van der Waals surface area contributed by atoms with Crippen LogP contribution in [0.1, 0.15) is 37.4 Å². The number of hydrogen-bond acceptors (Lipinski definition) is 3. The molecule has 5 heteroatoms. The van der Waals surface area contributed by atoms with Crippen LogP contribution in [0.15, 0.2) is 54.6 Å². The molecule has 2 aromatic rings. The number of likely N-dealkylation sites (N-methyl/N-ethyl adjacent to an activating group) is 1. The Balaban J connectivity index is 1.72. The summed E-state index contributed by atoms with van der Waals surface area (Å²) in [6, 6.07) is 17.2. The molecule has 1 fully saturated rings. The standard InChI is InChI=1S/C23H28N2O3/c1-16(14-18-10-12-20(28-4)13-11-18)15-21(26)25-22(17(2)24(3)23(25)27)19-8-6-5-7-9-19/h5-13,16-17,22H,14-15H2,1-4H3/t16-,17+,22+/m0/s1. The summed E-state index contributed by atoms with van der Waals surface area (Å²) in [6.45, 7) is 4.04. The van der Waals surface area contributed by atoms with Gasteiger partial charge in [-0.05, 0) is 42.5 Å². The van der Waals surface area contributed by atoms with Crippen molar-refractivity contribution in [3.63, 3.8) is 0 Å². The van der Waals surface area contributed by atoms with Crippen LogP contribution in [0.3, 0.4) is 0 Å². The molecule has 5 nitrogen and oxygen atoms in total. The highest BCUT2D eigenvalue weighted by atomic mass is 16.5. The van der Waals surface area contributed by atoms with E-state index in [-0.39, 0.29) is 29.9 Å². The maximum atomic E-state index is 13.1. The van der Waals surface area contributed by atoms with Gasteiger partial charge in [-0.15, -0.1) is 0 Å². The molecular weight excluding hydrogens is 352 g/mol.